The van der Waals surface area contributed by atoms with Crippen LogP contribution in [0.5, 0.6) is 5.75 Å². The van der Waals surface area contributed by atoms with Crippen molar-refractivity contribution in [3.05, 3.63) is 42.4 Å². The van der Waals surface area contributed by atoms with Gasteiger partial charge in [0.05, 0.1) is 24.0 Å². The van der Waals surface area contributed by atoms with E-state index in [1.54, 1.807) is 18.4 Å². The normalized spacial score (nSPS) is 14.3. The van der Waals surface area contributed by atoms with Gasteiger partial charge in [-0.15, -0.1) is 0 Å². The number of aryl methyl sites for hydroxylation is 1. The van der Waals surface area contributed by atoms with Crippen LogP contribution in [0.15, 0.2) is 45.9 Å². The lowest BCUT2D eigenvalue weighted by Gasteiger charge is -2.13. The second kappa shape index (κ2) is 7.28. The number of methoxy groups -OCH3 is 1. The molecular formula is C17H20N2O5S. The second-order valence-corrected chi connectivity index (χ2v) is 7.60. The third kappa shape index (κ3) is 4.61. The Morgan fingerprint density at radius 3 is 2.76 bits per heavy atom. The highest BCUT2D eigenvalue weighted by molar-refractivity contribution is 7.89. The van der Waals surface area contributed by atoms with Crippen LogP contribution in [-0.2, 0) is 21.2 Å². The highest BCUT2D eigenvalue weighted by Crippen LogP contribution is 2.29. The minimum absolute atomic E-state index is 0.0124. The molecule has 1 fully saturated rings. The van der Waals surface area contributed by atoms with Crippen molar-refractivity contribution < 1.29 is 22.4 Å². The van der Waals surface area contributed by atoms with E-state index in [9.17, 15) is 13.2 Å². The van der Waals surface area contributed by atoms with Crippen LogP contribution in [-0.4, -0.2) is 27.5 Å². The van der Waals surface area contributed by atoms with Crippen LogP contribution in [0.2, 0.25) is 0 Å². The van der Waals surface area contributed by atoms with Crippen LogP contribution >= 0.6 is 0 Å². The third-order valence-corrected chi connectivity index (χ3v) is 5.35. The summed E-state index contributed by atoms with van der Waals surface area (Å²) in [5.74, 6) is 0.864. The van der Waals surface area contributed by atoms with Gasteiger partial charge < -0.3 is 14.5 Å². The molecule has 0 radical (unpaired) electrons. The average Bonchev–Trinajstić information content (AvgIpc) is 3.23. The summed E-state index contributed by atoms with van der Waals surface area (Å²) >= 11 is 0. The van der Waals surface area contributed by atoms with Crippen LogP contribution in [0.3, 0.4) is 0 Å². The molecule has 7 nitrogen and oxygen atoms in total. The van der Waals surface area contributed by atoms with Gasteiger partial charge in [0.15, 0.2) is 0 Å². The van der Waals surface area contributed by atoms with Crippen molar-refractivity contribution in [1.29, 1.82) is 0 Å². The number of furan rings is 1. The first-order valence-corrected chi connectivity index (χ1v) is 9.49. The van der Waals surface area contributed by atoms with E-state index in [2.05, 4.69) is 10.0 Å². The maximum absolute atomic E-state index is 12.3. The zero-order valence-corrected chi connectivity index (χ0v) is 14.6. The number of sulfonamides is 1. The van der Waals surface area contributed by atoms with E-state index in [-0.39, 0.29) is 23.3 Å². The molecule has 25 heavy (non-hydrogen) atoms. The Morgan fingerprint density at radius 1 is 1.32 bits per heavy atom. The van der Waals surface area contributed by atoms with Crippen molar-refractivity contribution in [3.8, 4) is 5.75 Å². The van der Waals surface area contributed by atoms with Gasteiger partial charge in [-0.05, 0) is 43.2 Å². The van der Waals surface area contributed by atoms with Crippen LogP contribution in [0, 0.1) is 0 Å². The molecule has 0 saturated heterocycles. The van der Waals surface area contributed by atoms with E-state index in [1.165, 1.54) is 25.3 Å². The summed E-state index contributed by atoms with van der Waals surface area (Å²) < 4.78 is 37.7. The molecule has 0 spiro atoms. The molecule has 1 saturated carbocycles. The van der Waals surface area contributed by atoms with Crippen molar-refractivity contribution in [2.45, 2.75) is 36.6 Å². The minimum Gasteiger partial charge on any atom is -0.495 e. The molecule has 134 valence electrons. The Labute approximate surface area is 146 Å². The number of amides is 1. The van der Waals surface area contributed by atoms with Crippen molar-refractivity contribution >= 4 is 21.6 Å². The average molecular weight is 364 g/mol. The largest absolute Gasteiger partial charge is 0.495 e. The summed E-state index contributed by atoms with van der Waals surface area (Å²) in [6.07, 6.45) is 3.94. The predicted molar refractivity (Wildman–Crippen MR) is 92.0 cm³/mol. The van der Waals surface area contributed by atoms with E-state index in [0.29, 0.717) is 23.6 Å². The lowest BCUT2D eigenvalue weighted by molar-refractivity contribution is -0.116. The van der Waals surface area contributed by atoms with Crippen molar-refractivity contribution in [2.24, 2.45) is 0 Å². The molecule has 2 N–H and O–H groups in total. The van der Waals surface area contributed by atoms with E-state index < -0.39 is 10.0 Å². The monoisotopic (exact) mass is 364 g/mol. The highest BCUT2D eigenvalue weighted by Gasteiger charge is 2.28. The number of benzene rings is 1. The fraction of sp³-hybridized carbons (Fsp3) is 0.353. The number of hydrogen-bond acceptors (Lipinski definition) is 5. The third-order valence-electron chi connectivity index (χ3n) is 3.83. The number of carbonyl (C=O) groups excluding carboxylic acids is 1. The molecule has 3 rings (SSSR count). The van der Waals surface area contributed by atoms with Gasteiger partial charge in [-0.2, -0.15) is 0 Å². The molecule has 1 heterocycles. The Bertz CT molecular complexity index is 842. The lowest BCUT2D eigenvalue weighted by atomic mass is 10.2. The number of nitrogens with one attached hydrogen (secondary N) is 2. The van der Waals surface area contributed by atoms with Gasteiger partial charge in [-0.1, -0.05) is 0 Å². The van der Waals surface area contributed by atoms with Crippen LogP contribution < -0.4 is 14.8 Å². The Balaban J connectivity index is 1.72. The van der Waals surface area contributed by atoms with Gasteiger partial charge in [0.1, 0.15) is 11.5 Å². The zero-order chi connectivity index (χ0) is 17.9. The van der Waals surface area contributed by atoms with E-state index in [1.807, 2.05) is 0 Å². The first kappa shape index (κ1) is 17.5. The summed E-state index contributed by atoms with van der Waals surface area (Å²) in [5, 5.41) is 2.71. The van der Waals surface area contributed by atoms with Gasteiger partial charge in [0.2, 0.25) is 15.9 Å². The number of carbonyl (C=O) groups is 1. The first-order chi connectivity index (χ1) is 12.0. The standard InChI is InChI=1S/C17H20N2O5S/c1-23-16-8-7-14(25(21,22)19-12-4-5-12)11-15(16)18-17(20)9-6-13-3-2-10-24-13/h2-3,7-8,10-12,19H,4-6,9H2,1H3,(H,18,20). The smallest absolute Gasteiger partial charge is 0.240 e. The number of anilines is 1. The molecule has 1 aromatic carbocycles. The summed E-state index contributed by atoms with van der Waals surface area (Å²) in [6.45, 7) is 0. The molecule has 2 aromatic rings. The SMILES string of the molecule is COc1ccc(S(=O)(=O)NC2CC2)cc1NC(=O)CCc1ccco1. The quantitative estimate of drug-likeness (QED) is 0.749. The van der Waals surface area contributed by atoms with E-state index >= 15 is 0 Å². The molecule has 1 aliphatic rings. The maximum Gasteiger partial charge on any atom is 0.240 e. The van der Waals surface area contributed by atoms with Gasteiger partial charge in [-0.3, -0.25) is 4.79 Å². The maximum atomic E-state index is 12.3. The fourth-order valence-electron chi connectivity index (χ4n) is 2.34. The van der Waals surface area contributed by atoms with E-state index in [4.69, 9.17) is 9.15 Å². The van der Waals surface area contributed by atoms with Gasteiger partial charge in [-0.25, -0.2) is 13.1 Å². The van der Waals surface area contributed by atoms with Crippen molar-refractivity contribution in [2.75, 3.05) is 12.4 Å². The second-order valence-electron chi connectivity index (χ2n) is 5.89. The summed E-state index contributed by atoms with van der Waals surface area (Å²) in [7, 11) is -2.14. The van der Waals surface area contributed by atoms with Gasteiger partial charge in [0, 0.05) is 18.9 Å². The topological polar surface area (TPSA) is 97.6 Å². The van der Waals surface area contributed by atoms with Crippen LogP contribution in [0.4, 0.5) is 5.69 Å². The first-order valence-electron chi connectivity index (χ1n) is 8.00. The molecule has 1 aromatic heterocycles. The summed E-state index contributed by atoms with van der Waals surface area (Å²) in [6, 6.07) is 7.97. The number of ether oxygens (including phenoxy) is 1. The molecule has 0 unspecified atom stereocenters. The van der Waals surface area contributed by atoms with Crippen LogP contribution in [0.25, 0.3) is 0 Å². The lowest BCUT2D eigenvalue weighted by Crippen LogP contribution is -2.26. The molecule has 0 aliphatic heterocycles. The Morgan fingerprint density at radius 2 is 2.12 bits per heavy atom. The highest BCUT2D eigenvalue weighted by atomic mass is 32.2. The molecule has 1 aliphatic carbocycles. The number of hydrogen-bond donors (Lipinski definition) is 2. The molecule has 0 atom stereocenters. The van der Waals surface area contributed by atoms with Crippen molar-refractivity contribution in [3.63, 3.8) is 0 Å². The summed E-state index contributed by atoms with van der Waals surface area (Å²) in [5.41, 5.74) is 0.325. The zero-order valence-electron chi connectivity index (χ0n) is 13.8. The van der Waals surface area contributed by atoms with Gasteiger partial charge in [0.25, 0.3) is 0 Å². The number of rotatable bonds is 8. The van der Waals surface area contributed by atoms with Crippen LogP contribution in [0.1, 0.15) is 25.0 Å². The molecule has 8 heteroatoms. The Hall–Kier alpha value is -2.32. The van der Waals surface area contributed by atoms with Gasteiger partial charge >= 0.3 is 0 Å². The molecular weight excluding hydrogens is 344 g/mol. The molecule has 0 bridgehead atoms. The summed E-state index contributed by atoms with van der Waals surface area (Å²) in [4.78, 5) is 12.2. The minimum atomic E-state index is -3.60. The predicted octanol–water partition coefficient (Wildman–Crippen LogP) is 2.30. The molecule has 1 amide bonds. The van der Waals surface area contributed by atoms with E-state index in [0.717, 1.165) is 12.8 Å². The Kier molecular flexibility index (Phi) is 5.10. The van der Waals surface area contributed by atoms with Crippen molar-refractivity contribution in [1.82, 2.24) is 4.72 Å². The fourth-order valence-corrected chi connectivity index (χ4v) is 3.68.